The van der Waals surface area contributed by atoms with E-state index in [1.807, 2.05) is 32.0 Å². The van der Waals surface area contributed by atoms with Gasteiger partial charge in [-0.15, -0.1) is 0 Å². The van der Waals surface area contributed by atoms with Crippen LogP contribution in [0.5, 0.6) is 5.75 Å². The van der Waals surface area contributed by atoms with E-state index in [-0.39, 0.29) is 5.91 Å². The Bertz CT molecular complexity index is 463. The number of rotatable bonds is 3. The second kappa shape index (κ2) is 4.61. The number of fused-ring (bicyclic) bond motifs is 1. The minimum absolute atomic E-state index is 0.0290. The van der Waals surface area contributed by atoms with Crippen molar-refractivity contribution in [3.8, 4) is 5.75 Å². The van der Waals surface area contributed by atoms with E-state index < -0.39 is 5.54 Å². The van der Waals surface area contributed by atoms with Crippen molar-refractivity contribution in [2.24, 2.45) is 5.73 Å². The van der Waals surface area contributed by atoms with Gasteiger partial charge in [0.25, 0.3) is 0 Å². The lowest BCUT2D eigenvalue weighted by Crippen LogP contribution is -2.39. The summed E-state index contributed by atoms with van der Waals surface area (Å²) in [6.07, 6.45) is 1.24. The molecule has 2 rings (SSSR count). The number of nitrogens with zero attached hydrogens (tertiary/aromatic N) is 1. The summed E-state index contributed by atoms with van der Waals surface area (Å²) in [7, 11) is 1.78. The van der Waals surface area contributed by atoms with Gasteiger partial charge in [0.05, 0.1) is 6.61 Å². The minimum Gasteiger partial charge on any atom is -0.493 e. The largest absolute Gasteiger partial charge is 0.493 e. The molecule has 0 spiro atoms. The first kappa shape index (κ1) is 12.9. The van der Waals surface area contributed by atoms with Crippen LogP contribution in [0.2, 0.25) is 0 Å². The van der Waals surface area contributed by atoms with E-state index in [2.05, 4.69) is 0 Å². The highest BCUT2D eigenvalue weighted by Crippen LogP contribution is 2.29. The van der Waals surface area contributed by atoms with Crippen molar-refractivity contribution in [3.63, 3.8) is 0 Å². The van der Waals surface area contributed by atoms with Crippen LogP contribution in [-0.4, -0.2) is 25.1 Å². The Morgan fingerprint density at radius 3 is 2.89 bits per heavy atom. The molecule has 0 atom stereocenters. The lowest BCUT2D eigenvalue weighted by Gasteiger charge is -2.23. The molecule has 0 radical (unpaired) electrons. The standard InChI is InChI=1S/C14H20N2O2/c1-14(2,15)9-13(17)16(3)11-4-5-12-10(8-11)6-7-18-12/h4-5,8H,6-7,9,15H2,1-3H3. The Morgan fingerprint density at radius 2 is 2.22 bits per heavy atom. The smallest absolute Gasteiger partial charge is 0.228 e. The maximum absolute atomic E-state index is 12.1. The molecule has 4 heteroatoms. The normalized spacial score (nSPS) is 14.0. The van der Waals surface area contributed by atoms with Gasteiger partial charge in [0.1, 0.15) is 5.75 Å². The lowest BCUT2D eigenvalue weighted by atomic mass is 10.0. The van der Waals surface area contributed by atoms with Crippen LogP contribution in [-0.2, 0) is 11.2 Å². The Balaban J connectivity index is 2.14. The third-order valence-corrected chi connectivity index (χ3v) is 3.04. The number of ether oxygens (including phenoxy) is 1. The maximum atomic E-state index is 12.1. The SMILES string of the molecule is CN(C(=O)CC(C)(C)N)c1ccc2c(c1)CCO2. The van der Waals surface area contributed by atoms with Crippen molar-refractivity contribution in [2.45, 2.75) is 32.2 Å². The second-order valence-electron chi connectivity index (χ2n) is 5.51. The summed E-state index contributed by atoms with van der Waals surface area (Å²) in [5, 5.41) is 0. The molecule has 1 aliphatic rings. The van der Waals surface area contributed by atoms with Crippen molar-refractivity contribution < 1.29 is 9.53 Å². The van der Waals surface area contributed by atoms with E-state index in [9.17, 15) is 4.79 Å². The van der Waals surface area contributed by atoms with Gasteiger partial charge in [0, 0.05) is 31.1 Å². The van der Waals surface area contributed by atoms with Gasteiger partial charge in [-0.2, -0.15) is 0 Å². The first-order valence-electron chi connectivity index (χ1n) is 6.18. The molecule has 0 fully saturated rings. The Labute approximate surface area is 108 Å². The molecule has 1 aromatic rings. The lowest BCUT2D eigenvalue weighted by molar-refractivity contribution is -0.119. The Morgan fingerprint density at radius 1 is 1.50 bits per heavy atom. The van der Waals surface area contributed by atoms with Gasteiger partial charge in [-0.3, -0.25) is 4.79 Å². The van der Waals surface area contributed by atoms with Crippen molar-refractivity contribution in [1.82, 2.24) is 0 Å². The topological polar surface area (TPSA) is 55.6 Å². The molecule has 0 aliphatic carbocycles. The molecule has 2 N–H and O–H groups in total. The van der Waals surface area contributed by atoms with Gasteiger partial charge in [-0.05, 0) is 37.6 Å². The summed E-state index contributed by atoms with van der Waals surface area (Å²) < 4.78 is 5.45. The van der Waals surface area contributed by atoms with Crippen LogP contribution in [0.15, 0.2) is 18.2 Å². The average molecular weight is 248 g/mol. The molecule has 18 heavy (non-hydrogen) atoms. The predicted octanol–water partition coefficient (Wildman–Crippen LogP) is 1.71. The highest BCUT2D eigenvalue weighted by atomic mass is 16.5. The van der Waals surface area contributed by atoms with Crippen molar-refractivity contribution in [2.75, 3.05) is 18.6 Å². The van der Waals surface area contributed by atoms with Crippen LogP contribution < -0.4 is 15.4 Å². The van der Waals surface area contributed by atoms with Crippen LogP contribution in [0.4, 0.5) is 5.69 Å². The molecule has 0 bridgehead atoms. The van der Waals surface area contributed by atoms with Gasteiger partial charge in [-0.1, -0.05) is 0 Å². The molecule has 1 amide bonds. The van der Waals surface area contributed by atoms with E-state index in [1.165, 1.54) is 5.56 Å². The predicted molar refractivity (Wildman–Crippen MR) is 71.9 cm³/mol. The summed E-state index contributed by atoms with van der Waals surface area (Å²) in [4.78, 5) is 13.7. The van der Waals surface area contributed by atoms with E-state index in [4.69, 9.17) is 10.5 Å². The summed E-state index contributed by atoms with van der Waals surface area (Å²) in [5.41, 5.74) is 7.46. The number of hydrogen-bond acceptors (Lipinski definition) is 3. The number of carbonyl (C=O) groups is 1. The number of nitrogens with two attached hydrogens (primary N) is 1. The summed E-state index contributed by atoms with van der Waals surface area (Å²) >= 11 is 0. The monoisotopic (exact) mass is 248 g/mol. The van der Waals surface area contributed by atoms with Gasteiger partial charge < -0.3 is 15.4 Å². The molecule has 4 nitrogen and oxygen atoms in total. The average Bonchev–Trinajstić information content (AvgIpc) is 2.72. The maximum Gasteiger partial charge on any atom is 0.228 e. The molecule has 1 aliphatic heterocycles. The van der Waals surface area contributed by atoms with Crippen molar-refractivity contribution in [3.05, 3.63) is 23.8 Å². The van der Waals surface area contributed by atoms with Crippen LogP contribution >= 0.6 is 0 Å². The Kier molecular flexibility index (Phi) is 3.30. The molecular formula is C14H20N2O2. The van der Waals surface area contributed by atoms with E-state index in [0.29, 0.717) is 6.42 Å². The fourth-order valence-electron chi connectivity index (χ4n) is 2.03. The summed E-state index contributed by atoms with van der Waals surface area (Å²) in [6.45, 7) is 4.44. The van der Waals surface area contributed by atoms with E-state index in [0.717, 1.165) is 24.5 Å². The zero-order valence-corrected chi connectivity index (χ0v) is 11.2. The highest BCUT2D eigenvalue weighted by molar-refractivity contribution is 5.93. The fraction of sp³-hybridized carbons (Fsp3) is 0.500. The first-order valence-corrected chi connectivity index (χ1v) is 6.18. The highest BCUT2D eigenvalue weighted by Gasteiger charge is 2.21. The number of hydrogen-bond donors (Lipinski definition) is 1. The minimum atomic E-state index is -0.481. The van der Waals surface area contributed by atoms with Crippen LogP contribution in [0.3, 0.4) is 0 Å². The summed E-state index contributed by atoms with van der Waals surface area (Å²) in [5.74, 6) is 0.958. The van der Waals surface area contributed by atoms with Crippen molar-refractivity contribution in [1.29, 1.82) is 0 Å². The van der Waals surface area contributed by atoms with Crippen LogP contribution in [0.1, 0.15) is 25.8 Å². The zero-order chi connectivity index (χ0) is 13.3. The number of benzene rings is 1. The van der Waals surface area contributed by atoms with Crippen molar-refractivity contribution >= 4 is 11.6 Å². The van der Waals surface area contributed by atoms with Gasteiger partial charge in [0.2, 0.25) is 5.91 Å². The molecule has 0 saturated heterocycles. The number of carbonyl (C=O) groups excluding carboxylic acids is 1. The fourth-order valence-corrected chi connectivity index (χ4v) is 2.03. The molecule has 0 aromatic heterocycles. The second-order valence-corrected chi connectivity index (χ2v) is 5.51. The van der Waals surface area contributed by atoms with Gasteiger partial charge in [0.15, 0.2) is 0 Å². The third-order valence-electron chi connectivity index (χ3n) is 3.04. The number of amides is 1. The molecule has 0 saturated carbocycles. The first-order chi connectivity index (χ1) is 8.37. The van der Waals surface area contributed by atoms with Gasteiger partial charge in [-0.25, -0.2) is 0 Å². The van der Waals surface area contributed by atoms with E-state index in [1.54, 1.807) is 11.9 Å². The molecule has 0 unspecified atom stereocenters. The summed E-state index contributed by atoms with van der Waals surface area (Å²) in [6, 6.07) is 5.85. The molecule has 1 aromatic carbocycles. The van der Waals surface area contributed by atoms with Crippen LogP contribution in [0.25, 0.3) is 0 Å². The Hall–Kier alpha value is -1.55. The zero-order valence-electron chi connectivity index (χ0n) is 11.2. The van der Waals surface area contributed by atoms with E-state index >= 15 is 0 Å². The molecule has 1 heterocycles. The third kappa shape index (κ3) is 2.82. The number of anilines is 1. The molecule has 98 valence electrons. The quantitative estimate of drug-likeness (QED) is 0.886. The molecular weight excluding hydrogens is 228 g/mol. The van der Waals surface area contributed by atoms with Gasteiger partial charge >= 0.3 is 0 Å². The van der Waals surface area contributed by atoms with Crippen LogP contribution in [0, 0.1) is 0 Å².